The lowest BCUT2D eigenvalue weighted by molar-refractivity contribution is -0.148. The van der Waals surface area contributed by atoms with Gasteiger partial charge in [-0.05, 0) is 39.2 Å². The Balaban J connectivity index is 1.78. The normalized spacial score (nSPS) is 28.7. The van der Waals surface area contributed by atoms with Gasteiger partial charge in [-0.3, -0.25) is 19.3 Å². The Labute approximate surface area is 179 Å². The van der Waals surface area contributed by atoms with Crippen molar-refractivity contribution in [3.8, 4) is 0 Å². The van der Waals surface area contributed by atoms with Crippen molar-refractivity contribution in [1.29, 1.82) is 0 Å². The Kier molecular flexibility index (Phi) is 8.07. The molecule has 170 valence electrons. The van der Waals surface area contributed by atoms with Crippen LogP contribution in [0.2, 0.25) is 0 Å². The predicted octanol–water partition coefficient (Wildman–Crippen LogP) is -0.554. The van der Waals surface area contributed by atoms with Crippen LogP contribution in [-0.4, -0.2) is 91.6 Å². The van der Waals surface area contributed by atoms with Gasteiger partial charge in [0.25, 0.3) is 0 Å². The van der Waals surface area contributed by atoms with Gasteiger partial charge in [-0.15, -0.1) is 0 Å². The highest BCUT2D eigenvalue weighted by atomic mass is 16.5. The van der Waals surface area contributed by atoms with Gasteiger partial charge in [0.15, 0.2) is 0 Å². The number of hydrogen-bond acceptors (Lipinski definition) is 6. The van der Waals surface area contributed by atoms with E-state index < -0.39 is 18.0 Å². The van der Waals surface area contributed by atoms with E-state index in [4.69, 9.17) is 10.5 Å². The van der Waals surface area contributed by atoms with Crippen molar-refractivity contribution in [2.45, 2.75) is 69.7 Å². The van der Waals surface area contributed by atoms with Gasteiger partial charge >= 0.3 is 0 Å². The zero-order chi connectivity index (χ0) is 21.7. The van der Waals surface area contributed by atoms with Crippen molar-refractivity contribution in [3.05, 3.63) is 0 Å². The lowest BCUT2D eigenvalue weighted by Gasteiger charge is -2.44. The van der Waals surface area contributed by atoms with Gasteiger partial charge in [-0.2, -0.15) is 0 Å². The van der Waals surface area contributed by atoms with Crippen LogP contribution >= 0.6 is 0 Å². The Bertz CT molecular complexity index is 625. The number of likely N-dealkylation sites (N-methyl/N-ethyl adjacent to an activating group) is 1. The highest BCUT2D eigenvalue weighted by Crippen LogP contribution is 2.31. The molecule has 4 atom stereocenters. The molecule has 3 aliphatic rings. The van der Waals surface area contributed by atoms with Crippen molar-refractivity contribution in [2.75, 3.05) is 39.8 Å². The second kappa shape index (κ2) is 10.5. The number of hydrogen-bond donors (Lipinski definition) is 3. The third-order valence-electron chi connectivity index (χ3n) is 6.74. The molecule has 0 aromatic heterocycles. The molecule has 9 heteroatoms. The van der Waals surface area contributed by atoms with E-state index in [1.165, 1.54) is 0 Å². The highest BCUT2D eigenvalue weighted by Gasteiger charge is 2.46. The van der Waals surface area contributed by atoms with Crippen LogP contribution in [0.5, 0.6) is 0 Å². The maximum absolute atomic E-state index is 13.7. The first-order chi connectivity index (χ1) is 14.4. The monoisotopic (exact) mass is 423 g/mol. The molecule has 0 aromatic carbocycles. The SMILES string of the molecule is CCO[C@@H]1C[C@@H]2CN(C(=O)[C@@H](NC(=O)CNC)C3CCCCC3)[C@H](C(N)=O)CN2C1. The van der Waals surface area contributed by atoms with E-state index in [1.807, 2.05) is 6.92 Å². The van der Waals surface area contributed by atoms with Crippen LogP contribution in [0.4, 0.5) is 0 Å². The van der Waals surface area contributed by atoms with Gasteiger partial charge in [-0.25, -0.2) is 0 Å². The molecular formula is C21H37N5O4. The minimum absolute atomic E-state index is 0.0957. The van der Waals surface area contributed by atoms with Gasteiger partial charge in [0, 0.05) is 32.3 Å². The molecule has 0 spiro atoms. The Hall–Kier alpha value is -1.71. The number of fused-ring (bicyclic) bond motifs is 1. The summed E-state index contributed by atoms with van der Waals surface area (Å²) in [5.74, 6) is -0.772. The quantitative estimate of drug-likeness (QED) is 0.482. The summed E-state index contributed by atoms with van der Waals surface area (Å²) < 4.78 is 5.78. The van der Waals surface area contributed by atoms with Crippen LogP contribution in [-0.2, 0) is 19.1 Å². The average molecular weight is 424 g/mol. The number of nitrogens with two attached hydrogens (primary N) is 1. The number of carbonyl (C=O) groups excluding carboxylic acids is 3. The summed E-state index contributed by atoms with van der Waals surface area (Å²) in [6, 6.07) is -1.13. The van der Waals surface area contributed by atoms with Gasteiger partial charge in [0.2, 0.25) is 17.7 Å². The Morgan fingerprint density at radius 3 is 2.50 bits per heavy atom. The number of primary amides is 1. The lowest BCUT2D eigenvalue weighted by Crippen LogP contribution is -2.65. The van der Waals surface area contributed by atoms with Gasteiger partial charge in [-0.1, -0.05) is 19.3 Å². The maximum atomic E-state index is 13.7. The molecule has 2 saturated heterocycles. The third-order valence-corrected chi connectivity index (χ3v) is 6.74. The minimum Gasteiger partial charge on any atom is -0.377 e. The second-order valence-electron chi connectivity index (χ2n) is 8.80. The number of rotatable bonds is 8. The molecule has 3 rings (SSSR count). The Morgan fingerprint density at radius 2 is 1.87 bits per heavy atom. The molecule has 0 radical (unpaired) electrons. The summed E-state index contributed by atoms with van der Waals surface area (Å²) >= 11 is 0. The highest BCUT2D eigenvalue weighted by molar-refractivity contribution is 5.92. The summed E-state index contributed by atoms with van der Waals surface area (Å²) in [6.07, 6.45) is 6.05. The number of amides is 3. The van der Waals surface area contributed by atoms with E-state index in [0.717, 1.165) is 45.1 Å². The Morgan fingerprint density at radius 1 is 1.13 bits per heavy atom. The fraction of sp³-hybridized carbons (Fsp3) is 0.857. The molecule has 1 aliphatic carbocycles. The van der Waals surface area contributed by atoms with Crippen molar-refractivity contribution >= 4 is 17.7 Å². The smallest absolute Gasteiger partial charge is 0.246 e. The first-order valence-corrected chi connectivity index (χ1v) is 11.3. The predicted molar refractivity (Wildman–Crippen MR) is 113 cm³/mol. The summed E-state index contributed by atoms with van der Waals surface area (Å²) in [5.41, 5.74) is 5.71. The molecule has 4 N–H and O–H groups in total. The maximum Gasteiger partial charge on any atom is 0.246 e. The van der Waals surface area contributed by atoms with E-state index in [0.29, 0.717) is 19.7 Å². The number of nitrogens with zero attached hydrogens (tertiary/aromatic N) is 2. The standard InChI is InChI=1S/C21H37N5O4/c1-3-30-16-9-15-11-26(17(20(22)28)13-25(15)12-16)21(29)19(24-18(27)10-23-2)14-7-5-4-6-8-14/h14-17,19,23H,3-13H2,1-2H3,(H2,22,28)(H,24,27)/t15-,16-,17+,19+/m1/s1. The summed E-state index contributed by atoms with van der Waals surface area (Å²) in [7, 11) is 1.70. The van der Waals surface area contributed by atoms with Crippen LogP contribution in [0.15, 0.2) is 0 Å². The second-order valence-corrected chi connectivity index (χ2v) is 8.80. The van der Waals surface area contributed by atoms with Crippen LogP contribution in [0.25, 0.3) is 0 Å². The number of carbonyl (C=O) groups is 3. The molecule has 9 nitrogen and oxygen atoms in total. The number of piperazine rings is 1. The molecular weight excluding hydrogens is 386 g/mol. The topological polar surface area (TPSA) is 117 Å². The molecule has 0 aromatic rings. The molecule has 30 heavy (non-hydrogen) atoms. The van der Waals surface area contributed by atoms with Gasteiger partial charge in [0.05, 0.1) is 12.6 Å². The molecule has 2 heterocycles. The van der Waals surface area contributed by atoms with Crippen LogP contribution in [0, 0.1) is 5.92 Å². The minimum atomic E-state index is -0.679. The molecule has 0 unspecified atom stereocenters. The van der Waals surface area contributed by atoms with Crippen molar-refractivity contribution in [1.82, 2.24) is 20.4 Å². The first kappa shape index (κ1) is 23.0. The van der Waals surface area contributed by atoms with Crippen molar-refractivity contribution in [3.63, 3.8) is 0 Å². The molecule has 1 saturated carbocycles. The molecule has 0 bridgehead atoms. The fourth-order valence-corrected chi connectivity index (χ4v) is 5.28. The van der Waals surface area contributed by atoms with E-state index in [-0.39, 0.29) is 36.4 Å². The van der Waals surface area contributed by atoms with Gasteiger partial charge in [0.1, 0.15) is 12.1 Å². The van der Waals surface area contributed by atoms with E-state index in [2.05, 4.69) is 15.5 Å². The number of ether oxygens (including phenoxy) is 1. The van der Waals surface area contributed by atoms with Gasteiger partial charge < -0.3 is 26.0 Å². The average Bonchev–Trinajstić information content (AvgIpc) is 3.13. The summed E-state index contributed by atoms with van der Waals surface area (Å²) in [6.45, 7) is 4.41. The first-order valence-electron chi connectivity index (χ1n) is 11.3. The summed E-state index contributed by atoms with van der Waals surface area (Å²) in [5, 5.41) is 5.79. The van der Waals surface area contributed by atoms with E-state index >= 15 is 0 Å². The number of nitrogens with one attached hydrogen (secondary N) is 2. The summed E-state index contributed by atoms with van der Waals surface area (Å²) in [4.78, 5) is 42.1. The van der Waals surface area contributed by atoms with Crippen LogP contribution in [0.1, 0.15) is 45.4 Å². The zero-order valence-electron chi connectivity index (χ0n) is 18.3. The fourth-order valence-electron chi connectivity index (χ4n) is 5.28. The third kappa shape index (κ3) is 5.31. The zero-order valence-corrected chi connectivity index (χ0v) is 18.3. The van der Waals surface area contributed by atoms with E-state index in [9.17, 15) is 14.4 Å². The lowest BCUT2D eigenvalue weighted by atomic mass is 9.83. The van der Waals surface area contributed by atoms with Crippen molar-refractivity contribution < 1.29 is 19.1 Å². The van der Waals surface area contributed by atoms with Crippen molar-refractivity contribution in [2.24, 2.45) is 11.7 Å². The molecule has 2 aliphatic heterocycles. The largest absolute Gasteiger partial charge is 0.377 e. The molecule has 3 amide bonds. The van der Waals surface area contributed by atoms with Crippen LogP contribution in [0.3, 0.4) is 0 Å². The molecule has 3 fully saturated rings. The van der Waals surface area contributed by atoms with Crippen LogP contribution < -0.4 is 16.4 Å². The van der Waals surface area contributed by atoms with E-state index in [1.54, 1.807) is 11.9 Å².